The van der Waals surface area contributed by atoms with Crippen LogP contribution >= 0.6 is 0 Å². The van der Waals surface area contributed by atoms with E-state index >= 15 is 0 Å². The largest absolute Gasteiger partial charge is 0.465 e. The minimum Gasteiger partial charge on any atom is -0.465 e. The predicted octanol–water partition coefficient (Wildman–Crippen LogP) is 4.63. The molecule has 6 nitrogen and oxygen atoms in total. The molecule has 3 heterocycles. The van der Waals surface area contributed by atoms with Gasteiger partial charge < -0.3 is 19.6 Å². The zero-order valence-electron chi connectivity index (χ0n) is 18.1. The number of hydrogen-bond acceptors (Lipinski definition) is 3. The number of nitrogens with one attached hydrogen (secondary N) is 2. The summed E-state index contributed by atoms with van der Waals surface area (Å²) in [5.74, 6) is 1.38. The van der Waals surface area contributed by atoms with Crippen molar-refractivity contribution in [2.75, 3.05) is 6.54 Å². The van der Waals surface area contributed by atoms with Gasteiger partial charge in [-0.3, -0.25) is 9.59 Å². The highest BCUT2D eigenvalue weighted by Gasteiger charge is 2.39. The van der Waals surface area contributed by atoms with Crippen molar-refractivity contribution in [3.63, 3.8) is 0 Å². The molecule has 0 fully saturated rings. The third-order valence-electron chi connectivity index (χ3n) is 6.11. The van der Waals surface area contributed by atoms with Crippen molar-refractivity contribution in [2.45, 2.75) is 32.9 Å². The second-order valence-corrected chi connectivity index (χ2v) is 8.24. The molecule has 0 unspecified atom stereocenters. The maximum atomic E-state index is 13.3. The van der Waals surface area contributed by atoms with Gasteiger partial charge in [-0.25, -0.2) is 0 Å². The molecule has 32 heavy (non-hydrogen) atoms. The molecule has 1 atom stereocenters. The third-order valence-corrected chi connectivity index (χ3v) is 6.11. The molecule has 0 aliphatic carbocycles. The number of para-hydroxylation sites is 1. The van der Waals surface area contributed by atoms with Gasteiger partial charge in [0.05, 0.1) is 12.6 Å². The topological polar surface area (TPSA) is 78.3 Å². The Kier molecular flexibility index (Phi) is 5.05. The Hall–Kier alpha value is -3.80. The first-order valence-electron chi connectivity index (χ1n) is 10.8. The Bertz CT molecular complexity index is 1320. The van der Waals surface area contributed by atoms with E-state index in [4.69, 9.17) is 4.42 Å². The van der Waals surface area contributed by atoms with Crippen LogP contribution < -0.4 is 5.32 Å². The van der Waals surface area contributed by atoms with Gasteiger partial charge >= 0.3 is 0 Å². The number of benzene rings is 2. The summed E-state index contributed by atoms with van der Waals surface area (Å²) in [5, 5.41) is 3.99. The van der Waals surface area contributed by atoms with E-state index in [1.165, 1.54) is 0 Å². The lowest BCUT2D eigenvalue weighted by Gasteiger charge is -2.26. The summed E-state index contributed by atoms with van der Waals surface area (Å²) in [6, 6.07) is 19.4. The molecule has 1 aliphatic rings. The number of carbonyl (C=O) groups excluding carboxylic acids is 2. The van der Waals surface area contributed by atoms with Gasteiger partial charge in [-0.15, -0.1) is 0 Å². The fourth-order valence-electron chi connectivity index (χ4n) is 4.64. The number of fused-ring (bicyclic) bond motifs is 2. The van der Waals surface area contributed by atoms with Gasteiger partial charge in [0.1, 0.15) is 11.5 Å². The average molecular weight is 428 g/mol. The molecule has 162 valence electrons. The van der Waals surface area contributed by atoms with E-state index in [1.54, 1.807) is 0 Å². The second kappa shape index (κ2) is 8.04. The molecule has 2 amide bonds. The van der Waals surface area contributed by atoms with Crippen LogP contribution in [0.3, 0.4) is 0 Å². The fraction of sp³-hybridized carbons (Fsp3) is 0.231. The molecule has 0 spiro atoms. The van der Waals surface area contributed by atoms with Gasteiger partial charge in [0.25, 0.3) is 5.91 Å². The van der Waals surface area contributed by atoms with Crippen molar-refractivity contribution < 1.29 is 14.0 Å². The van der Waals surface area contributed by atoms with Crippen molar-refractivity contribution in [3.05, 3.63) is 94.6 Å². The summed E-state index contributed by atoms with van der Waals surface area (Å²) < 4.78 is 5.51. The van der Waals surface area contributed by atoms with Crippen LogP contribution in [-0.2, 0) is 11.3 Å². The Morgan fingerprint density at radius 2 is 1.84 bits per heavy atom. The quantitative estimate of drug-likeness (QED) is 0.471. The number of rotatable bonds is 6. The van der Waals surface area contributed by atoms with Crippen LogP contribution in [0, 0.1) is 13.8 Å². The number of aromatic amines is 1. The van der Waals surface area contributed by atoms with Crippen LogP contribution in [-0.4, -0.2) is 28.2 Å². The van der Waals surface area contributed by atoms with E-state index in [9.17, 15) is 9.59 Å². The maximum Gasteiger partial charge on any atom is 0.255 e. The van der Waals surface area contributed by atoms with Gasteiger partial charge in [0.15, 0.2) is 0 Å². The molecular weight excluding hydrogens is 402 g/mol. The van der Waals surface area contributed by atoms with Crippen molar-refractivity contribution >= 4 is 22.7 Å². The Morgan fingerprint density at radius 1 is 1.06 bits per heavy atom. The van der Waals surface area contributed by atoms with Gasteiger partial charge in [-0.1, -0.05) is 36.4 Å². The lowest BCUT2D eigenvalue weighted by Crippen LogP contribution is -2.33. The minimum absolute atomic E-state index is 0.0373. The summed E-state index contributed by atoms with van der Waals surface area (Å²) in [4.78, 5) is 31.1. The number of nitrogens with zero attached hydrogens (tertiary/aromatic N) is 1. The Balaban J connectivity index is 1.41. The first kappa shape index (κ1) is 20.1. The van der Waals surface area contributed by atoms with Crippen LogP contribution in [0.15, 0.2) is 65.1 Å². The van der Waals surface area contributed by atoms with E-state index in [2.05, 4.69) is 16.4 Å². The summed E-state index contributed by atoms with van der Waals surface area (Å²) in [5.41, 5.74) is 4.85. The van der Waals surface area contributed by atoms with Crippen LogP contribution in [0.4, 0.5) is 0 Å². The normalized spacial score (nSPS) is 15.4. The van der Waals surface area contributed by atoms with Crippen LogP contribution in [0.2, 0.25) is 0 Å². The molecule has 2 aromatic carbocycles. The molecule has 2 aromatic heterocycles. The Morgan fingerprint density at radius 3 is 2.66 bits per heavy atom. The number of amides is 2. The molecule has 6 heteroatoms. The van der Waals surface area contributed by atoms with Gasteiger partial charge in [-0.2, -0.15) is 0 Å². The van der Waals surface area contributed by atoms with E-state index in [1.807, 2.05) is 73.3 Å². The first-order chi connectivity index (χ1) is 15.5. The van der Waals surface area contributed by atoms with E-state index in [0.29, 0.717) is 24.4 Å². The van der Waals surface area contributed by atoms with Crippen LogP contribution in [0.1, 0.15) is 51.2 Å². The number of aromatic nitrogens is 1. The smallest absolute Gasteiger partial charge is 0.255 e. The van der Waals surface area contributed by atoms with E-state index < -0.39 is 0 Å². The zero-order valence-corrected chi connectivity index (χ0v) is 18.1. The lowest BCUT2D eigenvalue weighted by molar-refractivity contribution is -0.121. The molecule has 0 saturated carbocycles. The van der Waals surface area contributed by atoms with E-state index in [-0.39, 0.29) is 24.3 Å². The van der Waals surface area contributed by atoms with Gasteiger partial charge in [-0.05, 0) is 43.7 Å². The maximum absolute atomic E-state index is 13.3. The summed E-state index contributed by atoms with van der Waals surface area (Å²) in [6.45, 7) is 4.58. The van der Waals surface area contributed by atoms with Gasteiger partial charge in [0.2, 0.25) is 5.91 Å². The molecule has 0 saturated heterocycles. The van der Waals surface area contributed by atoms with Crippen molar-refractivity contribution in [1.29, 1.82) is 0 Å². The lowest BCUT2D eigenvalue weighted by atomic mass is 9.95. The number of hydrogen-bond donors (Lipinski definition) is 2. The highest BCUT2D eigenvalue weighted by atomic mass is 16.3. The van der Waals surface area contributed by atoms with Crippen LogP contribution in [0.25, 0.3) is 10.9 Å². The molecule has 0 bridgehead atoms. The Labute approximate surface area is 186 Å². The summed E-state index contributed by atoms with van der Waals surface area (Å²) in [7, 11) is 0. The van der Waals surface area contributed by atoms with Crippen molar-refractivity contribution in [2.24, 2.45) is 0 Å². The highest BCUT2D eigenvalue weighted by Crippen LogP contribution is 2.42. The van der Waals surface area contributed by atoms with Gasteiger partial charge in [0, 0.05) is 40.7 Å². The molecule has 2 N–H and O–H groups in total. The van der Waals surface area contributed by atoms with E-state index in [0.717, 1.165) is 33.5 Å². The standard InChI is InChI=1S/C26H25N3O3/c1-16-11-12-18(32-16)15-27-23(30)13-14-29-25(19-7-3-4-8-20(19)26(29)31)24-17(2)28-22-10-6-5-9-21(22)24/h3-12,25,28H,13-15H2,1-2H3,(H,27,30)/t25-/m0/s1. The average Bonchev–Trinajstić information content (AvgIpc) is 3.44. The van der Waals surface area contributed by atoms with Crippen molar-refractivity contribution in [1.82, 2.24) is 15.2 Å². The molecular formula is C26H25N3O3. The number of carbonyl (C=O) groups is 2. The predicted molar refractivity (Wildman–Crippen MR) is 122 cm³/mol. The minimum atomic E-state index is -0.227. The third kappa shape index (κ3) is 3.47. The SMILES string of the molecule is Cc1ccc(CNC(=O)CCN2C(=O)c3ccccc3[C@H]2c2c(C)[nH]c3ccccc23)o1. The zero-order chi connectivity index (χ0) is 22.2. The number of furan rings is 1. The number of H-pyrrole nitrogens is 1. The fourth-order valence-corrected chi connectivity index (χ4v) is 4.64. The van der Waals surface area contributed by atoms with Crippen LogP contribution in [0.5, 0.6) is 0 Å². The molecule has 5 rings (SSSR count). The number of aryl methyl sites for hydroxylation is 2. The summed E-state index contributed by atoms with van der Waals surface area (Å²) >= 11 is 0. The molecule has 4 aromatic rings. The molecule has 1 aliphatic heterocycles. The molecule has 0 radical (unpaired) electrons. The van der Waals surface area contributed by atoms with Crippen molar-refractivity contribution in [3.8, 4) is 0 Å². The highest BCUT2D eigenvalue weighted by molar-refractivity contribution is 6.01. The summed E-state index contributed by atoms with van der Waals surface area (Å²) in [6.07, 6.45) is 0.220. The first-order valence-corrected chi connectivity index (χ1v) is 10.8. The second-order valence-electron chi connectivity index (χ2n) is 8.24. The monoisotopic (exact) mass is 427 g/mol.